The number of nitrogens with one attached hydrogen (secondary N) is 1. The number of benzene rings is 1. The van der Waals surface area contributed by atoms with Gasteiger partial charge in [0.25, 0.3) is 0 Å². The molecule has 1 aromatic rings. The zero-order valence-corrected chi connectivity index (χ0v) is 12.8. The van der Waals surface area contributed by atoms with Crippen LogP contribution in [-0.4, -0.2) is 22.5 Å². The fourth-order valence-corrected chi connectivity index (χ4v) is 4.59. The second-order valence-electron chi connectivity index (χ2n) is 5.54. The molecule has 3 unspecified atom stereocenters. The van der Waals surface area contributed by atoms with Crippen LogP contribution in [0, 0.1) is 6.92 Å². The van der Waals surface area contributed by atoms with E-state index in [-0.39, 0.29) is 5.25 Å². The molecule has 0 heterocycles. The van der Waals surface area contributed by atoms with E-state index in [1.54, 1.807) is 0 Å². The van der Waals surface area contributed by atoms with Crippen LogP contribution >= 0.6 is 0 Å². The van der Waals surface area contributed by atoms with Gasteiger partial charge < -0.3 is 5.32 Å². The van der Waals surface area contributed by atoms with Crippen molar-refractivity contribution in [2.24, 2.45) is 0 Å². The van der Waals surface area contributed by atoms with Crippen molar-refractivity contribution in [2.45, 2.75) is 61.6 Å². The second kappa shape index (κ2) is 7.20. The molecule has 0 aromatic heterocycles. The van der Waals surface area contributed by atoms with Crippen LogP contribution in [0.3, 0.4) is 0 Å². The van der Waals surface area contributed by atoms with Gasteiger partial charge in [-0.15, -0.1) is 0 Å². The number of aryl methyl sites for hydroxylation is 1. The van der Waals surface area contributed by atoms with Crippen LogP contribution in [0.5, 0.6) is 0 Å². The molecule has 1 aromatic carbocycles. The summed E-state index contributed by atoms with van der Waals surface area (Å²) in [7, 11) is 1.12. The van der Waals surface area contributed by atoms with Gasteiger partial charge in [0.15, 0.2) is 0 Å². The smallest absolute Gasteiger partial charge is 0.0576 e. The molecule has 0 aliphatic heterocycles. The van der Waals surface area contributed by atoms with E-state index in [0.717, 1.165) is 17.7 Å². The summed E-state index contributed by atoms with van der Waals surface area (Å²) in [5.41, 5.74) is 1.23. The van der Waals surface area contributed by atoms with Crippen molar-refractivity contribution in [2.75, 3.05) is 7.05 Å². The molecule has 19 heavy (non-hydrogen) atoms. The molecule has 1 aliphatic rings. The summed E-state index contributed by atoms with van der Waals surface area (Å²) in [6.07, 6.45) is 7.30. The third-order valence-corrected chi connectivity index (χ3v) is 5.95. The van der Waals surface area contributed by atoms with E-state index >= 15 is 0 Å². The average Bonchev–Trinajstić information content (AvgIpc) is 2.39. The fraction of sp³-hybridized carbons (Fsp3) is 0.625. The first-order valence-electron chi connectivity index (χ1n) is 7.37. The molecule has 0 radical (unpaired) electrons. The van der Waals surface area contributed by atoms with Crippen LogP contribution in [-0.2, 0) is 10.8 Å². The average molecular weight is 279 g/mol. The van der Waals surface area contributed by atoms with Crippen LogP contribution in [0.2, 0.25) is 0 Å². The lowest BCUT2D eigenvalue weighted by molar-refractivity contribution is 0.414. The largest absolute Gasteiger partial charge is 0.316 e. The summed E-state index contributed by atoms with van der Waals surface area (Å²) >= 11 is 0. The van der Waals surface area contributed by atoms with E-state index in [1.165, 1.54) is 31.2 Å². The normalized spacial score (nSPS) is 26.4. The summed E-state index contributed by atoms with van der Waals surface area (Å²) in [5.74, 6) is 0. The van der Waals surface area contributed by atoms with Gasteiger partial charge in [-0.3, -0.25) is 4.21 Å². The second-order valence-corrected chi connectivity index (χ2v) is 7.21. The molecular formula is C16H25NOS. The van der Waals surface area contributed by atoms with Crippen molar-refractivity contribution in [3.63, 3.8) is 0 Å². The molecule has 1 aliphatic carbocycles. The Labute approximate surface area is 119 Å². The maximum Gasteiger partial charge on any atom is 0.0576 e. The molecule has 2 nitrogen and oxygen atoms in total. The summed E-state index contributed by atoms with van der Waals surface area (Å²) in [4.78, 5) is 0.983. The highest BCUT2D eigenvalue weighted by Crippen LogP contribution is 2.25. The Morgan fingerprint density at radius 2 is 1.68 bits per heavy atom. The van der Waals surface area contributed by atoms with Crippen molar-refractivity contribution >= 4 is 10.8 Å². The SMILES string of the molecule is CNC1CCCCCCC1S(=O)c1ccc(C)cc1. The molecule has 3 atom stereocenters. The predicted octanol–water partition coefficient (Wildman–Crippen LogP) is 3.41. The quantitative estimate of drug-likeness (QED) is 0.918. The monoisotopic (exact) mass is 279 g/mol. The molecule has 0 saturated heterocycles. The first kappa shape index (κ1) is 14.7. The summed E-state index contributed by atoms with van der Waals surface area (Å²) < 4.78 is 12.8. The minimum Gasteiger partial charge on any atom is -0.316 e. The Morgan fingerprint density at radius 1 is 1.05 bits per heavy atom. The molecule has 1 fully saturated rings. The molecule has 0 spiro atoms. The van der Waals surface area contributed by atoms with Crippen LogP contribution in [0.25, 0.3) is 0 Å². The topological polar surface area (TPSA) is 29.1 Å². The van der Waals surface area contributed by atoms with E-state index in [0.29, 0.717) is 6.04 Å². The van der Waals surface area contributed by atoms with Gasteiger partial charge in [-0.1, -0.05) is 43.4 Å². The van der Waals surface area contributed by atoms with Gasteiger partial charge >= 0.3 is 0 Å². The van der Waals surface area contributed by atoms with E-state index in [1.807, 2.05) is 19.2 Å². The highest BCUT2D eigenvalue weighted by atomic mass is 32.2. The highest BCUT2D eigenvalue weighted by Gasteiger charge is 2.27. The summed E-state index contributed by atoms with van der Waals surface area (Å²) in [6.45, 7) is 2.07. The minimum absolute atomic E-state index is 0.257. The lowest BCUT2D eigenvalue weighted by atomic mass is 9.96. The molecule has 1 N–H and O–H groups in total. The number of rotatable bonds is 3. The fourth-order valence-electron chi connectivity index (χ4n) is 2.88. The van der Waals surface area contributed by atoms with Crippen molar-refractivity contribution in [3.8, 4) is 0 Å². The Morgan fingerprint density at radius 3 is 2.32 bits per heavy atom. The van der Waals surface area contributed by atoms with Gasteiger partial charge in [0.2, 0.25) is 0 Å². The molecule has 2 rings (SSSR count). The maximum atomic E-state index is 12.8. The minimum atomic E-state index is -0.889. The van der Waals surface area contributed by atoms with E-state index in [2.05, 4.69) is 24.4 Å². The third-order valence-electron chi connectivity index (χ3n) is 4.10. The number of hydrogen-bond acceptors (Lipinski definition) is 2. The van der Waals surface area contributed by atoms with Gasteiger partial charge in [0.05, 0.1) is 16.0 Å². The van der Waals surface area contributed by atoms with Crippen LogP contribution in [0.4, 0.5) is 0 Å². The zero-order chi connectivity index (χ0) is 13.7. The van der Waals surface area contributed by atoms with Gasteiger partial charge in [-0.05, 0) is 38.9 Å². The van der Waals surface area contributed by atoms with Gasteiger partial charge in [0.1, 0.15) is 0 Å². The van der Waals surface area contributed by atoms with Crippen LogP contribution in [0.15, 0.2) is 29.2 Å². The third kappa shape index (κ3) is 3.90. The number of hydrogen-bond donors (Lipinski definition) is 1. The Balaban J connectivity index is 2.15. The highest BCUT2D eigenvalue weighted by molar-refractivity contribution is 7.85. The zero-order valence-electron chi connectivity index (χ0n) is 12.0. The summed E-state index contributed by atoms with van der Waals surface area (Å²) in [5, 5.41) is 3.65. The lowest BCUT2D eigenvalue weighted by Gasteiger charge is -2.28. The Bertz CT molecular complexity index is 415. The molecule has 0 amide bonds. The lowest BCUT2D eigenvalue weighted by Crippen LogP contribution is -2.41. The Kier molecular flexibility index (Phi) is 5.59. The van der Waals surface area contributed by atoms with Crippen LogP contribution in [0.1, 0.15) is 44.1 Å². The molecule has 3 heteroatoms. The van der Waals surface area contributed by atoms with Crippen molar-refractivity contribution in [1.29, 1.82) is 0 Å². The van der Waals surface area contributed by atoms with Crippen LogP contribution < -0.4 is 5.32 Å². The molecule has 106 valence electrons. The van der Waals surface area contributed by atoms with Crippen molar-refractivity contribution < 1.29 is 4.21 Å². The Hall–Kier alpha value is -0.670. The maximum absolute atomic E-state index is 12.8. The van der Waals surface area contributed by atoms with E-state index < -0.39 is 10.8 Å². The van der Waals surface area contributed by atoms with Gasteiger partial charge in [-0.2, -0.15) is 0 Å². The van der Waals surface area contributed by atoms with Gasteiger partial charge in [-0.25, -0.2) is 0 Å². The standard InChI is InChI=1S/C16H25NOS/c1-13-9-11-14(12-10-13)19(18)16-8-6-4-3-5-7-15(16)17-2/h9-12,15-17H,3-8H2,1-2H3. The van der Waals surface area contributed by atoms with E-state index in [4.69, 9.17) is 0 Å². The van der Waals surface area contributed by atoms with Gasteiger partial charge in [0, 0.05) is 10.9 Å². The first-order valence-corrected chi connectivity index (χ1v) is 8.58. The molecule has 1 saturated carbocycles. The first-order chi connectivity index (χ1) is 9.22. The predicted molar refractivity (Wildman–Crippen MR) is 81.9 cm³/mol. The van der Waals surface area contributed by atoms with Crippen molar-refractivity contribution in [3.05, 3.63) is 29.8 Å². The molecule has 0 bridgehead atoms. The molecular weight excluding hydrogens is 254 g/mol. The summed E-state index contributed by atoms with van der Waals surface area (Å²) in [6, 6.07) is 8.56. The van der Waals surface area contributed by atoms with Crippen molar-refractivity contribution in [1.82, 2.24) is 5.32 Å². The van der Waals surface area contributed by atoms with E-state index in [9.17, 15) is 4.21 Å².